The van der Waals surface area contributed by atoms with Crippen LogP contribution in [0.2, 0.25) is 5.02 Å². The average molecular weight is 548 g/mol. The molecule has 0 aliphatic heterocycles. The first-order valence-corrected chi connectivity index (χ1v) is 14.0. The van der Waals surface area contributed by atoms with Gasteiger partial charge in [0.2, 0.25) is 5.13 Å². The summed E-state index contributed by atoms with van der Waals surface area (Å²) in [6.07, 6.45) is 1.28. The maximum atomic E-state index is 13.6. The van der Waals surface area contributed by atoms with E-state index in [0.717, 1.165) is 22.1 Å². The summed E-state index contributed by atoms with van der Waals surface area (Å²) in [4.78, 5) is 3.96. The van der Waals surface area contributed by atoms with Crippen molar-refractivity contribution in [1.29, 1.82) is 0 Å². The largest absolute Gasteiger partial charge is 0.497 e. The quantitative estimate of drug-likeness (QED) is 0.350. The molecule has 0 radical (unpaired) electrons. The molecule has 2 aromatic carbocycles. The molecule has 0 saturated heterocycles. The Labute approximate surface area is 207 Å². The van der Waals surface area contributed by atoms with Crippen LogP contribution in [0.3, 0.4) is 0 Å². The normalized spacial score (nSPS) is 12.9. The number of benzene rings is 2. The van der Waals surface area contributed by atoms with Crippen molar-refractivity contribution < 1.29 is 30.5 Å². The predicted molar refractivity (Wildman–Crippen MR) is 129 cm³/mol. The summed E-state index contributed by atoms with van der Waals surface area (Å²) in [5, 5.41) is 0.184. The molecule has 0 N–H and O–H groups in total. The van der Waals surface area contributed by atoms with E-state index in [0.29, 0.717) is 22.6 Å². The van der Waals surface area contributed by atoms with Crippen molar-refractivity contribution in [2.45, 2.75) is 24.5 Å². The van der Waals surface area contributed by atoms with E-state index in [1.165, 1.54) is 45.7 Å². The lowest BCUT2D eigenvalue weighted by Crippen LogP contribution is -2.30. The van der Waals surface area contributed by atoms with Crippen LogP contribution in [0.25, 0.3) is 0 Å². The molecule has 0 aliphatic rings. The third-order valence-electron chi connectivity index (χ3n) is 4.69. The minimum Gasteiger partial charge on any atom is -0.497 e. The molecule has 1 atom stereocenters. The van der Waals surface area contributed by atoms with Crippen LogP contribution in [0.4, 0.5) is 5.13 Å². The first-order chi connectivity index (χ1) is 16.0. The summed E-state index contributed by atoms with van der Waals surface area (Å²) >= 11 is 7.22. The van der Waals surface area contributed by atoms with Gasteiger partial charge in [0.15, 0.2) is 0 Å². The zero-order valence-electron chi connectivity index (χ0n) is 18.6. The second-order valence-corrected chi connectivity index (χ2v) is 11.7. The molecular weight excluding hydrogens is 526 g/mol. The number of rotatable bonds is 10. The number of ether oxygens (including phenoxy) is 2. The molecule has 184 valence electrons. The molecule has 0 spiro atoms. The molecule has 0 aliphatic carbocycles. The van der Waals surface area contributed by atoms with Crippen molar-refractivity contribution in [3.05, 3.63) is 58.9 Å². The van der Waals surface area contributed by atoms with Gasteiger partial charge >= 0.3 is 0 Å². The van der Waals surface area contributed by atoms with Crippen molar-refractivity contribution in [2.24, 2.45) is 0 Å². The fraction of sp³-hybridized carbons (Fsp3) is 0.300. The van der Waals surface area contributed by atoms with E-state index in [-0.39, 0.29) is 21.6 Å². The maximum Gasteiger partial charge on any atom is 0.266 e. The number of methoxy groups -OCH3 is 2. The number of sulfonamides is 1. The van der Waals surface area contributed by atoms with Crippen LogP contribution in [-0.4, -0.2) is 46.7 Å². The first-order valence-electron chi connectivity index (χ1n) is 9.64. The number of hydrogen-bond acceptors (Lipinski definition) is 10. The smallest absolute Gasteiger partial charge is 0.266 e. The monoisotopic (exact) mass is 547 g/mol. The summed E-state index contributed by atoms with van der Waals surface area (Å²) in [6, 6.07) is 9.02. The van der Waals surface area contributed by atoms with E-state index < -0.39 is 26.2 Å². The lowest BCUT2D eigenvalue weighted by Gasteiger charge is -2.23. The van der Waals surface area contributed by atoms with Crippen LogP contribution < -0.4 is 13.8 Å². The van der Waals surface area contributed by atoms with E-state index in [1.54, 1.807) is 18.2 Å². The summed E-state index contributed by atoms with van der Waals surface area (Å²) in [7, 11) is -4.90. The van der Waals surface area contributed by atoms with Crippen LogP contribution in [0.1, 0.15) is 24.2 Å². The Morgan fingerprint density at radius 3 is 2.38 bits per heavy atom. The first kappa shape index (κ1) is 26.2. The van der Waals surface area contributed by atoms with Gasteiger partial charge in [-0.25, -0.2) is 17.7 Å². The molecule has 1 aromatic heterocycles. The number of nitrogens with zero attached hydrogens (tertiary/aromatic N) is 3. The fourth-order valence-corrected chi connectivity index (χ4v) is 6.29. The van der Waals surface area contributed by atoms with Crippen LogP contribution >= 0.6 is 23.1 Å². The highest BCUT2D eigenvalue weighted by atomic mass is 35.5. The van der Waals surface area contributed by atoms with E-state index in [4.69, 9.17) is 25.3 Å². The minimum absolute atomic E-state index is 0.0384. The summed E-state index contributed by atoms with van der Waals surface area (Å²) in [6.45, 7) is 1.40. The number of hydrogen-bond donors (Lipinski definition) is 0. The van der Waals surface area contributed by atoms with Crippen molar-refractivity contribution in [3.8, 4) is 11.5 Å². The Kier molecular flexibility index (Phi) is 8.03. The van der Waals surface area contributed by atoms with Gasteiger partial charge in [-0.1, -0.05) is 17.7 Å². The van der Waals surface area contributed by atoms with Gasteiger partial charge in [-0.2, -0.15) is 12.8 Å². The van der Waals surface area contributed by atoms with E-state index in [2.05, 4.69) is 9.36 Å². The van der Waals surface area contributed by atoms with Crippen molar-refractivity contribution in [2.75, 3.05) is 24.8 Å². The lowest BCUT2D eigenvalue weighted by atomic mass is 10.1. The second kappa shape index (κ2) is 10.4. The van der Waals surface area contributed by atoms with Gasteiger partial charge in [-0.3, -0.25) is 4.18 Å². The van der Waals surface area contributed by atoms with Gasteiger partial charge in [0.05, 0.1) is 31.9 Å². The molecule has 14 heteroatoms. The Balaban J connectivity index is 2.02. The van der Waals surface area contributed by atoms with Crippen molar-refractivity contribution in [3.63, 3.8) is 0 Å². The van der Waals surface area contributed by atoms with Gasteiger partial charge in [0, 0.05) is 33.7 Å². The Hall–Kier alpha value is -2.45. The summed E-state index contributed by atoms with van der Waals surface area (Å²) < 4.78 is 70.7. The average Bonchev–Trinajstić information content (AvgIpc) is 3.30. The van der Waals surface area contributed by atoms with Crippen molar-refractivity contribution >= 4 is 48.4 Å². The zero-order valence-corrected chi connectivity index (χ0v) is 21.8. The Bertz CT molecular complexity index is 1360. The highest BCUT2D eigenvalue weighted by Gasteiger charge is 2.30. The van der Waals surface area contributed by atoms with Crippen LogP contribution in [0, 0.1) is 0 Å². The summed E-state index contributed by atoms with van der Waals surface area (Å²) in [5.41, 5.74) is 0.894. The molecule has 1 unspecified atom stereocenters. The molecule has 3 rings (SSSR count). The zero-order chi connectivity index (χ0) is 25.1. The van der Waals surface area contributed by atoms with E-state index >= 15 is 0 Å². The molecule has 1 heterocycles. The highest BCUT2D eigenvalue weighted by Crippen LogP contribution is 2.34. The molecule has 10 nitrogen and oxygen atoms in total. The lowest BCUT2D eigenvalue weighted by molar-refractivity contribution is 0.237. The minimum atomic E-state index is -4.15. The number of anilines is 1. The molecule has 3 aromatic rings. The molecule has 0 bridgehead atoms. The Morgan fingerprint density at radius 2 is 1.82 bits per heavy atom. The third kappa shape index (κ3) is 5.96. The van der Waals surface area contributed by atoms with Gasteiger partial charge < -0.3 is 9.47 Å². The van der Waals surface area contributed by atoms with Gasteiger partial charge in [0.1, 0.15) is 23.9 Å². The predicted octanol–water partition coefficient (Wildman–Crippen LogP) is 3.64. The van der Waals surface area contributed by atoms with E-state index in [9.17, 15) is 16.8 Å². The van der Waals surface area contributed by atoms with Gasteiger partial charge in [0.25, 0.3) is 20.1 Å². The van der Waals surface area contributed by atoms with Crippen LogP contribution in [0.5, 0.6) is 11.5 Å². The SMILES string of the molecule is COc1ccc(CN(c2ncns2)S(=O)(=O)c2ccc(C(C)OS(C)(=O)=O)c(Cl)c2)c(OC)c1. The summed E-state index contributed by atoms with van der Waals surface area (Å²) in [5.74, 6) is 0.989. The van der Waals surface area contributed by atoms with Crippen molar-refractivity contribution in [1.82, 2.24) is 9.36 Å². The Morgan fingerprint density at radius 1 is 1.09 bits per heavy atom. The molecule has 0 fully saturated rings. The van der Waals surface area contributed by atoms with Crippen LogP contribution in [0.15, 0.2) is 47.6 Å². The fourth-order valence-electron chi connectivity index (χ4n) is 3.11. The van der Waals surface area contributed by atoms with E-state index in [1.807, 2.05) is 0 Å². The molecule has 0 amide bonds. The molecule has 34 heavy (non-hydrogen) atoms. The molecular formula is C20H22ClN3O7S3. The third-order valence-corrected chi connectivity index (χ3v) is 8.19. The van der Waals surface area contributed by atoms with Crippen LogP contribution in [-0.2, 0) is 30.9 Å². The second-order valence-electron chi connectivity index (χ2n) is 7.04. The van der Waals surface area contributed by atoms with Gasteiger partial charge in [-0.05, 0) is 31.2 Å². The standard InChI is InChI=1S/C20H22ClN3O7S3/c1-13(31-33(4,25)26)17-8-7-16(10-18(17)21)34(27,28)24(20-22-12-23-32-20)11-14-5-6-15(29-2)9-19(14)30-3/h5-10,12-13H,11H2,1-4H3. The highest BCUT2D eigenvalue weighted by molar-refractivity contribution is 7.93. The number of halogens is 1. The number of aromatic nitrogens is 2. The van der Waals surface area contributed by atoms with Gasteiger partial charge in [-0.15, -0.1) is 0 Å². The molecule has 0 saturated carbocycles. The maximum absolute atomic E-state index is 13.6. The topological polar surface area (TPSA) is 125 Å².